The van der Waals surface area contributed by atoms with Gasteiger partial charge in [-0.2, -0.15) is 5.26 Å². The Hall–Kier alpha value is -4.50. The topological polar surface area (TPSA) is 186 Å². The van der Waals surface area contributed by atoms with Gasteiger partial charge in [-0.3, -0.25) is 19.2 Å². The third kappa shape index (κ3) is 9.99. The van der Waals surface area contributed by atoms with E-state index in [0.717, 1.165) is 11.1 Å². The lowest BCUT2D eigenvalue weighted by Crippen LogP contribution is -2.57. The zero-order valence-corrected chi connectivity index (χ0v) is 23.1. The lowest BCUT2D eigenvalue weighted by Gasteiger charge is -2.24. The summed E-state index contributed by atoms with van der Waals surface area (Å²) in [6.07, 6.45) is 1.29. The standard InChI is InChI=1S/C28H36N6O6/c1-5-21(15-29)25(36)30-13-7-6-8-22(26(37)31-16-20-11-9-17(2)10-12-20)32-28(39)24(19(4)35)33-27(38)23-14-18(3)40-34-23/h5,9-12,14,19,22,24,35H,6-8,13,16H2,1-4H3,(H,30,36)(H,31,37)(H,32,39)(H,33,38)/b21-5+/t19-,22+,24+/m1/s1. The Morgan fingerprint density at radius 2 is 1.77 bits per heavy atom. The molecule has 3 atom stereocenters. The number of nitriles is 1. The molecule has 1 aromatic carbocycles. The Bertz CT molecular complexity index is 1240. The summed E-state index contributed by atoms with van der Waals surface area (Å²) in [5.74, 6) is -1.99. The van der Waals surface area contributed by atoms with E-state index in [1.807, 2.05) is 37.3 Å². The van der Waals surface area contributed by atoms with Crippen molar-refractivity contribution < 1.29 is 28.8 Å². The van der Waals surface area contributed by atoms with Crippen molar-refractivity contribution in [2.75, 3.05) is 6.54 Å². The zero-order valence-electron chi connectivity index (χ0n) is 23.1. The molecule has 1 heterocycles. The molecule has 214 valence electrons. The number of amides is 4. The quantitative estimate of drug-likeness (QED) is 0.132. The highest BCUT2D eigenvalue weighted by Gasteiger charge is 2.30. The van der Waals surface area contributed by atoms with Crippen molar-refractivity contribution in [1.29, 1.82) is 5.26 Å². The first-order valence-electron chi connectivity index (χ1n) is 13.0. The first kappa shape index (κ1) is 31.7. The molecule has 1 aromatic heterocycles. The van der Waals surface area contributed by atoms with E-state index in [-0.39, 0.29) is 30.8 Å². The molecule has 0 saturated carbocycles. The molecule has 12 heteroatoms. The molecule has 4 amide bonds. The molecule has 0 aliphatic carbocycles. The summed E-state index contributed by atoms with van der Waals surface area (Å²) in [6, 6.07) is 8.48. The van der Waals surface area contributed by atoms with Crippen LogP contribution in [0.2, 0.25) is 0 Å². The largest absolute Gasteiger partial charge is 0.391 e. The number of aromatic nitrogens is 1. The van der Waals surface area contributed by atoms with Gasteiger partial charge in [0.2, 0.25) is 11.8 Å². The van der Waals surface area contributed by atoms with Crippen LogP contribution in [0.3, 0.4) is 0 Å². The Kier molecular flexibility index (Phi) is 12.5. The number of hydrogen-bond acceptors (Lipinski definition) is 8. The van der Waals surface area contributed by atoms with Crippen LogP contribution in [0.1, 0.15) is 60.5 Å². The van der Waals surface area contributed by atoms with Crippen molar-refractivity contribution in [1.82, 2.24) is 26.4 Å². The van der Waals surface area contributed by atoms with Gasteiger partial charge in [0.1, 0.15) is 29.5 Å². The number of aryl methyl sites for hydroxylation is 2. The van der Waals surface area contributed by atoms with Crippen molar-refractivity contribution >= 4 is 23.6 Å². The molecule has 0 aliphatic heterocycles. The second kappa shape index (κ2) is 15.8. The van der Waals surface area contributed by atoms with Crippen LogP contribution < -0.4 is 21.3 Å². The number of aliphatic hydroxyl groups excluding tert-OH is 1. The number of unbranched alkanes of at least 4 members (excludes halogenated alkanes) is 1. The third-order valence-electron chi connectivity index (χ3n) is 5.99. The summed E-state index contributed by atoms with van der Waals surface area (Å²) in [5, 5.41) is 33.3. The Morgan fingerprint density at radius 3 is 2.35 bits per heavy atom. The molecular weight excluding hydrogens is 516 g/mol. The second-order valence-corrected chi connectivity index (χ2v) is 9.34. The van der Waals surface area contributed by atoms with Crippen LogP contribution in [0.4, 0.5) is 0 Å². The molecule has 0 aliphatic rings. The van der Waals surface area contributed by atoms with Crippen LogP contribution in [0.25, 0.3) is 0 Å². The highest BCUT2D eigenvalue weighted by Crippen LogP contribution is 2.08. The number of aliphatic hydroxyl groups is 1. The average molecular weight is 553 g/mol. The van der Waals surface area contributed by atoms with Crippen LogP contribution >= 0.6 is 0 Å². The van der Waals surface area contributed by atoms with E-state index in [1.165, 1.54) is 19.1 Å². The first-order valence-corrected chi connectivity index (χ1v) is 13.0. The van der Waals surface area contributed by atoms with Gasteiger partial charge in [-0.05, 0) is 52.5 Å². The van der Waals surface area contributed by atoms with E-state index in [9.17, 15) is 24.3 Å². The van der Waals surface area contributed by atoms with Gasteiger partial charge in [0.15, 0.2) is 5.69 Å². The van der Waals surface area contributed by atoms with Crippen LogP contribution in [-0.4, -0.2) is 58.6 Å². The monoisotopic (exact) mass is 552 g/mol. The van der Waals surface area contributed by atoms with Gasteiger partial charge in [-0.15, -0.1) is 0 Å². The van der Waals surface area contributed by atoms with Gasteiger partial charge in [0, 0.05) is 19.2 Å². The molecule has 0 spiro atoms. The summed E-state index contributed by atoms with van der Waals surface area (Å²) in [6.45, 7) is 7.01. The number of carbonyl (C=O) groups is 4. The minimum absolute atomic E-state index is 0.00705. The minimum Gasteiger partial charge on any atom is -0.391 e. The molecule has 40 heavy (non-hydrogen) atoms. The molecule has 2 rings (SSSR count). The predicted octanol–water partition coefficient (Wildman–Crippen LogP) is 1.33. The van der Waals surface area contributed by atoms with Crippen LogP contribution in [0, 0.1) is 25.2 Å². The molecule has 0 bridgehead atoms. The molecule has 0 radical (unpaired) electrons. The summed E-state index contributed by atoms with van der Waals surface area (Å²) >= 11 is 0. The molecule has 0 unspecified atom stereocenters. The fraction of sp³-hybridized carbons (Fsp3) is 0.429. The molecule has 12 nitrogen and oxygen atoms in total. The van der Waals surface area contributed by atoms with Crippen molar-refractivity contribution in [2.24, 2.45) is 0 Å². The maximum Gasteiger partial charge on any atom is 0.274 e. The summed E-state index contributed by atoms with van der Waals surface area (Å²) < 4.78 is 4.89. The highest BCUT2D eigenvalue weighted by atomic mass is 16.5. The number of nitrogens with one attached hydrogen (secondary N) is 4. The predicted molar refractivity (Wildman–Crippen MR) is 145 cm³/mol. The lowest BCUT2D eigenvalue weighted by molar-refractivity contribution is -0.131. The SMILES string of the molecule is C/C=C(\C#N)C(=O)NCCCC[C@H](NC(=O)[C@@H](NC(=O)c1cc(C)on1)[C@@H](C)O)C(=O)NCc1ccc(C)cc1. The van der Waals surface area contributed by atoms with Crippen molar-refractivity contribution in [3.05, 3.63) is 64.6 Å². The van der Waals surface area contributed by atoms with E-state index < -0.39 is 41.8 Å². The van der Waals surface area contributed by atoms with E-state index in [0.29, 0.717) is 18.6 Å². The van der Waals surface area contributed by atoms with Gasteiger partial charge in [0.25, 0.3) is 11.8 Å². The van der Waals surface area contributed by atoms with Crippen molar-refractivity contribution in [2.45, 2.75) is 71.7 Å². The van der Waals surface area contributed by atoms with Crippen molar-refractivity contribution in [3.63, 3.8) is 0 Å². The lowest BCUT2D eigenvalue weighted by atomic mass is 10.1. The second-order valence-electron chi connectivity index (χ2n) is 9.34. The number of nitrogens with zero attached hydrogens (tertiary/aromatic N) is 2. The normalized spacial score (nSPS) is 13.3. The van der Waals surface area contributed by atoms with E-state index in [4.69, 9.17) is 9.78 Å². The van der Waals surface area contributed by atoms with Crippen molar-refractivity contribution in [3.8, 4) is 6.07 Å². The molecule has 2 aromatic rings. The number of allylic oxidation sites excluding steroid dienone is 1. The van der Waals surface area contributed by atoms with E-state index in [1.54, 1.807) is 13.8 Å². The van der Waals surface area contributed by atoms with E-state index >= 15 is 0 Å². The maximum absolute atomic E-state index is 13.1. The van der Waals surface area contributed by atoms with Gasteiger partial charge >= 0.3 is 0 Å². The van der Waals surface area contributed by atoms with Gasteiger partial charge < -0.3 is 30.9 Å². The van der Waals surface area contributed by atoms with Crippen LogP contribution in [-0.2, 0) is 20.9 Å². The van der Waals surface area contributed by atoms with Gasteiger partial charge in [-0.25, -0.2) is 0 Å². The molecule has 0 fully saturated rings. The third-order valence-corrected chi connectivity index (χ3v) is 5.99. The summed E-state index contributed by atoms with van der Waals surface area (Å²) in [7, 11) is 0. The Morgan fingerprint density at radius 1 is 1.07 bits per heavy atom. The molecule has 5 N–H and O–H groups in total. The molecule has 0 saturated heterocycles. The van der Waals surface area contributed by atoms with Gasteiger partial charge in [0.05, 0.1) is 6.10 Å². The van der Waals surface area contributed by atoms with Gasteiger partial charge in [-0.1, -0.05) is 41.1 Å². The highest BCUT2D eigenvalue weighted by molar-refractivity contribution is 5.98. The van der Waals surface area contributed by atoms with E-state index in [2.05, 4.69) is 26.4 Å². The average Bonchev–Trinajstić information content (AvgIpc) is 3.37. The fourth-order valence-corrected chi connectivity index (χ4v) is 3.66. The molecular formula is C28H36N6O6. The number of rotatable bonds is 14. The number of benzene rings is 1. The zero-order chi connectivity index (χ0) is 29.7. The Labute approximate surface area is 233 Å². The smallest absolute Gasteiger partial charge is 0.274 e. The summed E-state index contributed by atoms with van der Waals surface area (Å²) in [4.78, 5) is 50.6. The van der Waals surface area contributed by atoms with Crippen LogP contribution in [0.15, 0.2) is 46.5 Å². The summed E-state index contributed by atoms with van der Waals surface area (Å²) in [5.41, 5.74) is 1.91. The fourth-order valence-electron chi connectivity index (χ4n) is 3.66. The van der Waals surface area contributed by atoms with Crippen LogP contribution in [0.5, 0.6) is 0 Å². The maximum atomic E-state index is 13.1. The first-order chi connectivity index (χ1) is 19.0. The Balaban J connectivity index is 2.05. The number of carbonyl (C=O) groups excluding carboxylic acids is 4. The number of hydrogen-bond donors (Lipinski definition) is 5. The minimum atomic E-state index is -1.36.